The van der Waals surface area contributed by atoms with E-state index in [-0.39, 0.29) is 0 Å². The van der Waals surface area contributed by atoms with Crippen molar-refractivity contribution in [2.24, 2.45) is 0 Å². The van der Waals surface area contributed by atoms with Gasteiger partial charge in [0, 0.05) is 32.9 Å². The number of aliphatic hydroxyl groups excluding tert-OH is 1. The van der Waals surface area contributed by atoms with E-state index in [9.17, 15) is 0 Å². The third-order valence-corrected chi connectivity index (χ3v) is 3.01. The first-order valence-electron chi connectivity index (χ1n) is 5.72. The van der Waals surface area contributed by atoms with Gasteiger partial charge in [0.05, 0.1) is 0 Å². The molecule has 1 N–H and O–H groups in total. The van der Waals surface area contributed by atoms with E-state index in [4.69, 9.17) is 9.84 Å². The number of likely N-dealkylation sites (tertiary alicyclic amines) is 1. The molecule has 84 valence electrons. The Morgan fingerprint density at radius 3 is 3.00 bits per heavy atom. The molecule has 3 heteroatoms. The summed E-state index contributed by atoms with van der Waals surface area (Å²) in [5.74, 6) is 0. The lowest BCUT2D eigenvalue weighted by molar-refractivity contribution is 0.0967. The lowest BCUT2D eigenvalue weighted by Gasteiger charge is -2.35. The van der Waals surface area contributed by atoms with E-state index in [2.05, 4.69) is 4.90 Å². The topological polar surface area (TPSA) is 32.7 Å². The normalized spacial score (nSPS) is 24.0. The Hall–Kier alpha value is -0.120. The standard InChI is InChI=1S/C11H23NO2/c1-14-10-6-11-5-2-3-7-12(11)8-4-9-13/h11,13H,2-10H2,1H3. The highest BCUT2D eigenvalue weighted by Gasteiger charge is 2.20. The van der Waals surface area contributed by atoms with Crippen LogP contribution in [-0.4, -0.2) is 49.5 Å². The minimum absolute atomic E-state index is 0.313. The molecule has 1 aliphatic heterocycles. The van der Waals surface area contributed by atoms with Gasteiger partial charge in [0.25, 0.3) is 0 Å². The summed E-state index contributed by atoms with van der Waals surface area (Å²) in [5, 5.41) is 8.81. The van der Waals surface area contributed by atoms with Gasteiger partial charge in [-0.25, -0.2) is 0 Å². The smallest absolute Gasteiger partial charge is 0.0477 e. The number of hydrogen-bond donors (Lipinski definition) is 1. The van der Waals surface area contributed by atoms with Gasteiger partial charge in [0.2, 0.25) is 0 Å². The second-order valence-corrected chi connectivity index (χ2v) is 4.04. The molecule has 1 heterocycles. The van der Waals surface area contributed by atoms with Crippen molar-refractivity contribution in [2.75, 3.05) is 33.4 Å². The molecule has 0 spiro atoms. The van der Waals surface area contributed by atoms with E-state index < -0.39 is 0 Å². The second kappa shape index (κ2) is 7.21. The molecule has 0 aromatic rings. The molecule has 0 bridgehead atoms. The van der Waals surface area contributed by atoms with Crippen molar-refractivity contribution in [3.63, 3.8) is 0 Å². The molecular formula is C11H23NO2. The fourth-order valence-electron chi connectivity index (χ4n) is 2.21. The van der Waals surface area contributed by atoms with Gasteiger partial charge in [-0.05, 0) is 32.2 Å². The van der Waals surface area contributed by atoms with E-state index in [0.29, 0.717) is 12.6 Å². The molecule has 0 aromatic carbocycles. The molecule has 1 saturated heterocycles. The molecule has 1 unspecified atom stereocenters. The van der Waals surface area contributed by atoms with Crippen LogP contribution in [0.1, 0.15) is 32.1 Å². The van der Waals surface area contributed by atoms with Gasteiger partial charge in [0.15, 0.2) is 0 Å². The Morgan fingerprint density at radius 1 is 1.43 bits per heavy atom. The van der Waals surface area contributed by atoms with E-state index in [1.54, 1.807) is 7.11 Å². The van der Waals surface area contributed by atoms with Gasteiger partial charge in [-0.2, -0.15) is 0 Å². The molecular weight excluding hydrogens is 178 g/mol. The molecule has 14 heavy (non-hydrogen) atoms. The fourth-order valence-corrected chi connectivity index (χ4v) is 2.21. The number of piperidine rings is 1. The van der Waals surface area contributed by atoms with Crippen LogP contribution in [0.15, 0.2) is 0 Å². The predicted octanol–water partition coefficient (Wildman–Crippen LogP) is 1.26. The second-order valence-electron chi connectivity index (χ2n) is 4.04. The molecule has 0 radical (unpaired) electrons. The number of hydrogen-bond acceptors (Lipinski definition) is 3. The zero-order chi connectivity index (χ0) is 10.2. The molecule has 0 saturated carbocycles. The quantitative estimate of drug-likeness (QED) is 0.702. The van der Waals surface area contributed by atoms with Crippen molar-refractivity contribution < 1.29 is 9.84 Å². The third-order valence-electron chi connectivity index (χ3n) is 3.01. The van der Waals surface area contributed by atoms with Gasteiger partial charge < -0.3 is 14.7 Å². The molecule has 1 rings (SSSR count). The van der Waals surface area contributed by atoms with Crippen molar-refractivity contribution >= 4 is 0 Å². The van der Waals surface area contributed by atoms with Gasteiger partial charge in [-0.3, -0.25) is 0 Å². The molecule has 1 aliphatic rings. The first-order valence-corrected chi connectivity index (χ1v) is 5.72. The summed E-state index contributed by atoms with van der Waals surface area (Å²) in [4.78, 5) is 2.51. The third kappa shape index (κ3) is 3.95. The van der Waals surface area contributed by atoms with Crippen LogP contribution in [0.4, 0.5) is 0 Å². The molecule has 0 aliphatic carbocycles. The van der Waals surface area contributed by atoms with Crippen LogP contribution in [0.3, 0.4) is 0 Å². The Morgan fingerprint density at radius 2 is 2.29 bits per heavy atom. The maximum atomic E-state index is 8.81. The van der Waals surface area contributed by atoms with Crippen molar-refractivity contribution in [3.05, 3.63) is 0 Å². The Bertz CT molecular complexity index is 125. The monoisotopic (exact) mass is 201 g/mol. The van der Waals surface area contributed by atoms with Crippen LogP contribution in [0, 0.1) is 0 Å². The van der Waals surface area contributed by atoms with Gasteiger partial charge >= 0.3 is 0 Å². The number of methoxy groups -OCH3 is 1. The summed E-state index contributed by atoms with van der Waals surface area (Å²) < 4.78 is 5.12. The summed E-state index contributed by atoms with van der Waals surface area (Å²) in [5.41, 5.74) is 0. The van der Waals surface area contributed by atoms with E-state index in [1.165, 1.54) is 25.8 Å². The lowest BCUT2D eigenvalue weighted by atomic mass is 9.99. The molecule has 0 amide bonds. The van der Waals surface area contributed by atoms with Crippen molar-refractivity contribution in [2.45, 2.75) is 38.1 Å². The van der Waals surface area contributed by atoms with Crippen LogP contribution in [-0.2, 0) is 4.74 Å². The Kier molecular flexibility index (Phi) is 6.15. The van der Waals surface area contributed by atoms with E-state index in [0.717, 1.165) is 26.0 Å². The lowest BCUT2D eigenvalue weighted by Crippen LogP contribution is -2.40. The minimum Gasteiger partial charge on any atom is -0.396 e. The summed E-state index contributed by atoms with van der Waals surface area (Å²) >= 11 is 0. The summed E-state index contributed by atoms with van der Waals surface area (Å²) in [6, 6.07) is 0.690. The van der Waals surface area contributed by atoms with Gasteiger partial charge in [-0.15, -0.1) is 0 Å². The number of aliphatic hydroxyl groups is 1. The highest BCUT2D eigenvalue weighted by molar-refractivity contribution is 4.76. The van der Waals surface area contributed by atoms with Crippen molar-refractivity contribution in [3.8, 4) is 0 Å². The highest BCUT2D eigenvalue weighted by Crippen LogP contribution is 2.19. The zero-order valence-corrected chi connectivity index (χ0v) is 9.24. The molecule has 0 aromatic heterocycles. The highest BCUT2D eigenvalue weighted by atomic mass is 16.5. The average Bonchev–Trinajstić information content (AvgIpc) is 2.24. The average molecular weight is 201 g/mol. The van der Waals surface area contributed by atoms with Crippen LogP contribution < -0.4 is 0 Å². The van der Waals surface area contributed by atoms with Gasteiger partial charge in [-0.1, -0.05) is 6.42 Å². The summed E-state index contributed by atoms with van der Waals surface area (Å²) in [6.07, 6.45) is 6.01. The number of rotatable bonds is 6. The van der Waals surface area contributed by atoms with Crippen LogP contribution in [0.25, 0.3) is 0 Å². The molecule has 1 fully saturated rings. The summed E-state index contributed by atoms with van der Waals surface area (Å²) in [7, 11) is 1.76. The predicted molar refractivity (Wildman–Crippen MR) is 57.4 cm³/mol. The summed E-state index contributed by atoms with van der Waals surface area (Å²) in [6.45, 7) is 3.42. The fraction of sp³-hybridized carbons (Fsp3) is 1.00. The van der Waals surface area contributed by atoms with Crippen LogP contribution >= 0.6 is 0 Å². The van der Waals surface area contributed by atoms with E-state index in [1.807, 2.05) is 0 Å². The largest absolute Gasteiger partial charge is 0.396 e. The Balaban J connectivity index is 2.26. The minimum atomic E-state index is 0.313. The van der Waals surface area contributed by atoms with Crippen LogP contribution in [0.2, 0.25) is 0 Å². The number of ether oxygens (including phenoxy) is 1. The van der Waals surface area contributed by atoms with Gasteiger partial charge in [0.1, 0.15) is 0 Å². The first-order chi connectivity index (χ1) is 6.88. The molecule has 3 nitrogen and oxygen atoms in total. The van der Waals surface area contributed by atoms with Crippen molar-refractivity contribution in [1.82, 2.24) is 4.90 Å². The zero-order valence-electron chi connectivity index (χ0n) is 9.24. The SMILES string of the molecule is COCCC1CCCCN1CCCO. The van der Waals surface area contributed by atoms with E-state index >= 15 is 0 Å². The molecule has 1 atom stereocenters. The van der Waals surface area contributed by atoms with Crippen molar-refractivity contribution in [1.29, 1.82) is 0 Å². The maximum absolute atomic E-state index is 8.81. The first kappa shape index (κ1) is 12.0. The van der Waals surface area contributed by atoms with Crippen LogP contribution in [0.5, 0.6) is 0 Å². The maximum Gasteiger partial charge on any atom is 0.0477 e. The Labute approximate surface area is 87.1 Å². The number of nitrogens with zero attached hydrogens (tertiary/aromatic N) is 1.